The molecule has 0 aliphatic carbocycles. The van der Waals surface area contributed by atoms with Gasteiger partial charge in [0, 0.05) is 18.8 Å². The van der Waals surface area contributed by atoms with Crippen LogP contribution in [-0.2, 0) is 23.2 Å². The van der Waals surface area contributed by atoms with Crippen molar-refractivity contribution in [3.8, 4) is 0 Å². The van der Waals surface area contributed by atoms with Gasteiger partial charge in [-0.25, -0.2) is 13.9 Å². The van der Waals surface area contributed by atoms with E-state index in [1.165, 1.54) is 28.6 Å². The van der Waals surface area contributed by atoms with Crippen LogP contribution in [0.1, 0.15) is 11.1 Å². The number of anilines is 1. The summed E-state index contributed by atoms with van der Waals surface area (Å²) >= 11 is 0. The molecule has 3 aromatic rings. The molecule has 2 N–H and O–H groups in total. The van der Waals surface area contributed by atoms with E-state index in [2.05, 4.69) is 5.32 Å². The number of nitrogens with zero attached hydrogens (tertiary/aromatic N) is 1. The van der Waals surface area contributed by atoms with Gasteiger partial charge in [-0.05, 0) is 41.8 Å². The molecule has 0 fully saturated rings. The first kappa shape index (κ1) is 21.5. The zero-order valence-corrected chi connectivity index (χ0v) is 17.0. The van der Waals surface area contributed by atoms with E-state index in [0.717, 1.165) is 11.1 Å². The molecule has 0 saturated heterocycles. The molecular formula is C22H22FN3O3S. The molecule has 3 aromatic carbocycles. The van der Waals surface area contributed by atoms with Crippen LogP contribution in [0.4, 0.5) is 14.9 Å². The van der Waals surface area contributed by atoms with Gasteiger partial charge in [0.15, 0.2) is 0 Å². The Labute approximate surface area is 175 Å². The monoisotopic (exact) mass is 427 g/mol. The van der Waals surface area contributed by atoms with Gasteiger partial charge in [-0.3, -0.25) is 0 Å². The number of amides is 2. The maximum Gasteiger partial charge on any atom is 0.333 e. The number of benzene rings is 3. The molecule has 156 valence electrons. The molecule has 0 saturated carbocycles. The van der Waals surface area contributed by atoms with Gasteiger partial charge in [0.05, 0.1) is 0 Å². The molecule has 8 heteroatoms. The second kappa shape index (κ2) is 10.00. The van der Waals surface area contributed by atoms with Crippen LogP contribution in [0.25, 0.3) is 0 Å². The number of carbonyl (C=O) groups is 1. The van der Waals surface area contributed by atoms with Crippen LogP contribution in [0.15, 0.2) is 84.9 Å². The van der Waals surface area contributed by atoms with Gasteiger partial charge >= 0.3 is 16.2 Å². The minimum absolute atomic E-state index is 0.118. The molecule has 0 radical (unpaired) electrons. The Kier molecular flexibility index (Phi) is 7.16. The second-order valence-corrected chi connectivity index (χ2v) is 8.29. The summed E-state index contributed by atoms with van der Waals surface area (Å²) in [5, 5.41) is 2.40. The molecule has 0 aromatic heterocycles. The molecule has 0 atom stereocenters. The van der Waals surface area contributed by atoms with Crippen molar-refractivity contribution in [1.29, 1.82) is 0 Å². The van der Waals surface area contributed by atoms with Crippen LogP contribution >= 0.6 is 0 Å². The van der Waals surface area contributed by atoms with Gasteiger partial charge in [0.25, 0.3) is 0 Å². The number of halogens is 1. The number of rotatable bonds is 8. The van der Waals surface area contributed by atoms with Crippen LogP contribution in [-0.4, -0.2) is 25.3 Å². The summed E-state index contributed by atoms with van der Waals surface area (Å²) in [6, 6.07) is 22.8. The van der Waals surface area contributed by atoms with Gasteiger partial charge in [0.2, 0.25) is 0 Å². The van der Waals surface area contributed by atoms with Gasteiger partial charge < -0.3 is 5.32 Å². The summed E-state index contributed by atoms with van der Waals surface area (Å²) in [5.41, 5.74) is 2.07. The van der Waals surface area contributed by atoms with E-state index in [9.17, 15) is 17.6 Å². The third-order valence-electron chi connectivity index (χ3n) is 4.36. The van der Waals surface area contributed by atoms with Crippen molar-refractivity contribution in [3.05, 3.63) is 102 Å². The highest BCUT2D eigenvalue weighted by atomic mass is 32.2. The first-order valence-corrected chi connectivity index (χ1v) is 10.8. The highest BCUT2D eigenvalue weighted by molar-refractivity contribution is 7.87. The molecule has 0 aliphatic heterocycles. The largest absolute Gasteiger partial charge is 0.333 e. The number of nitrogens with one attached hydrogen (secondary N) is 2. The molecule has 2 amide bonds. The Bertz CT molecular complexity index is 1060. The van der Waals surface area contributed by atoms with Crippen molar-refractivity contribution < 1.29 is 17.6 Å². The minimum atomic E-state index is -4.12. The molecule has 0 heterocycles. The zero-order valence-electron chi connectivity index (χ0n) is 16.2. The van der Waals surface area contributed by atoms with Crippen LogP contribution in [0.2, 0.25) is 0 Å². The normalized spacial score (nSPS) is 11.3. The van der Waals surface area contributed by atoms with E-state index in [0.29, 0.717) is 6.42 Å². The van der Waals surface area contributed by atoms with Crippen molar-refractivity contribution in [1.82, 2.24) is 9.03 Å². The van der Waals surface area contributed by atoms with Gasteiger partial charge in [-0.1, -0.05) is 60.7 Å². The Morgan fingerprint density at radius 3 is 2.00 bits per heavy atom. The molecule has 6 nitrogen and oxygen atoms in total. The number of carbonyl (C=O) groups excluding carboxylic acids is 1. The third-order valence-corrected chi connectivity index (χ3v) is 5.79. The van der Waals surface area contributed by atoms with Gasteiger partial charge in [-0.2, -0.15) is 12.7 Å². The smallest absolute Gasteiger partial charge is 0.307 e. The summed E-state index contributed by atoms with van der Waals surface area (Å²) in [5.74, 6) is -0.455. The van der Waals surface area contributed by atoms with E-state index in [-0.39, 0.29) is 18.8 Å². The minimum Gasteiger partial charge on any atom is -0.307 e. The standard InChI is InChI=1S/C22H22FN3O3S/c23-20-11-13-21(14-12-20)24-22(27)25-30(28,29)26(17-19-9-5-2-6-10-19)16-15-18-7-3-1-4-8-18/h1-14H,15-17H2,(H2,24,25,27). The summed E-state index contributed by atoms with van der Waals surface area (Å²) in [7, 11) is -4.12. The van der Waals surface area contributed by atoms with Crippen molar-refractivity contribution in [2.24, 2.45) is 0 Å². The summed E-state index contributed by atoms with van der Waals surface area (Å²) in [6.07, 6.45) is 0.494. The SMILES string of the molecule is O=C(Nc1ccc(F)cc1)NS(=O)(=O)N(CCc1ccccc1)Cc1ccccc1. The van der Waals surface area contributed by atoms with E-state index in [1.807, 2.05) is 65.4 Å². The van der Waals surface area contributed by atoms with Crippen LogP contribution in [0.3, 0.4) is 0 Å². The molecule has 3 rings (SSSR count). The number of urea groups is 1. The Morgan fingerprint density at radius 1 is 0.833 bits per heavy atom. The lowest BCUT2D eigenvalue weighted by molar-refractivity contribution is 0.255. The molecule has 0 spiro atoms. The van der Waals surface area contributed by atoms with E-state index >= 15 is 0 Å². The van der Waals surface area contributed by atoms with E-state index in [4.69, 9.17) is 0 Å². The van der Waals surface area contributed by atoms with Gasteiger partial charge in [0.1, 0.15) is 5.82 Å². The maximum atomic E-state index is 13.0. The fourth-order valence-corrected chi connectivity index (χ4v) is 3.91. The number of hydrogen-bond acceptors (Lipinski definition) is 3. The Morgan fingerprint density at radius 2 is 1.40 bits per heavy atom. The van der Waals surface area contributed by atoms with Crippen LogP contribution in [0, 0.1) is 5.82 Å². The second-order valence-electron chi connectivity index (χ2n) is 6.62. The van der Waals surface area contributed by atoms with Crippen LogP contribution < -0.4 is 10.0 Å². The first-order chi connectivity index (χ1) is 14.4. The zero-order chi connectivity index (χ0) is 21.4. The molecular weight excluding hydrogens is 405 g/mol. The lowest BCUT2D eigenvalue weighted by Crippen LogP contribution is -2.45. The number of hydrogen-bond donors (Lipinski definition) is 2. The van der Waals surface area contributed by atoms with Crippen molar-refractivity contribution in [3.63, 3.8) is 0 Å². The lowest BCUT2D eigenvalue weighted by atomic mass is 10.1. The molecule has 0 unspecified atom stereocenters. The predicted molar refractivity (Wildman–Crippen MR) is 114 cm³/mol. The van der Waals surface area contributed by atoms with Gasteiger partial charge in [-0.15, -0.1) is 0 Å². The lowest BCUT2D eigenvalue weighted by Gasteiger charge is -2.22. The average molecular weight is 428 g/mol. The van der Waals surface area contributed by atoms with Crippen LogP contribution in [0.5, 0.6) is 0 Å². The summed E-state index contributed by atoms with van der Waals surface area (Å²) in [4.78, 5) is 12.2. The fourth-order valence-electron chi connectivity index (χ4n) is 2.84. The topological polar surface area (TPSA) is 78.5 Å². The highest BCUT2D eigenvalue weighted by Gasteiger charge is 2.24. The fraction of sp³-hybridized carbons (Fsp3) is 0.136. The van der Waals surface area contributed by atoms with E-state index < -0.39 is 22.1 Å². The quantitative estimate of drug-likeness (QED) is 0.572. The summed E-state index contributed by atoms with van der Waals surface area (Å²) in [6.45, 7) is 0.310. The first-order valence-electron chi connectivity index (χ1n) is 9.35. The molecule has 30 heavy (non-hydrogen) atoms. The van der Waals surface area contributed by atoms with Crippen molar-refractivity contribution >= 4 is 21.9 Å². The molecule has 0 bridgehead atoms. The predicted octanol–water partition coefficient (Wildman–Crippen LogP) is 3.94. The van der Waals surface area contributed by atoms with Crippen molar-refractivity contribution in [2.45, 2.75) is 13.0 Å². The average Bonchev–Trinajstić information content (AvgIpc) is 2.74. The van der Waals surface area contributed by atoms with E-state index in [1.54, 1.807) is 0 Å². The summed E-state index contributed by atoms with van der Waals surface area (Å²) < 4.78 is 42.1. The third kappa shape index (κ3) is 6.40. The Balaban J connectivity index is 1.72. The Hall–Kier alpha value is -3.23. The maximum absolute atomic E-state index is 13.0. The molecule has 0 aliphatic rings. The highest BCUT2D eigenvalue weighted by Crippen LogP contribution is 2.12. The van der Waals surface area contributed by atoms with Crippen molar-refractivity contribution in [2.75, 3.05) is 11.9 Å².